The van der Waals surface area contributed by atoms with E-state index in [4.69, 9.17) is 23.1 Å². The minimum Gasteiger partial charge on any atom is -0.397 e. The van der Waals surface area contributed by atoms with E-state index < -0.39 is 0 Å². The number of carbonyl (C=O) groups excluding carboxylic acids is 1. The first-order valence-corrected chi connectivity index (χ1v) is 7.54. The number of anilines is 2. The summed E-state index contributed by atoms with van der Waals surface area (Å²) in [5.74, 6) is -0.150. The number of halogens is 1. The van der Waals surface area contributed by atoms with Crippen molar-refractivity contribution in [2.75, 3.05) is 18.5 Å². The van der Waals surface area contributed by atoms with Gasteiger partial charge in [0, 0.05) is 17.6 Å². The zero-order chi connectivity index (χ0) is 15.9. The van der Waals surface area contributed by atoms with E-state index in [0.717, 1.165) is 5.56 Å². The summed E-state index contributed by atoms with van der Waals surface area (Å²) in [4.78, 5) is 21.3. The Morgan fingerprint density at radius 3 is 2.77 bits per heavy atom. The Labute approximate surface area is 135 Å². The van der Waals surface area contributed by atoms with Gasteiger partial charge >= 0.3 is 0 Å². The van der Waals surface area contributed by atoms with Gasteiger partial charge in [-0.2, -0.15) is 0 Å². The summed E-state index contributed by atoms with van der Waals surface area (Å²) in [6.45, 7) is 0. The number of rotatable bonds is 2. The molecule has 6 nitrogen and oxygen atoms in total. The van der Waals surface area contributed by atoms with E-state index in [9.17, 15) is 4.79 Å². The maximum atomic E-state index is 11.9. The molecule has 1 amide bonds. The molecular weight excluding hydrogens is 322 g/mol. The molecule has 0 aliphatic carbocycles. The van der Waals surface area contributed by atoms with Crippen LogP contribution in [0.15, 0.2) is 24.3 Å². The molecule has 0 saturated carbocycles. The van der Waals surface area contributed by atoms with Crippen molar-refractivity contribution in [2.24, 2.45) is 0 Å². The third kappa shape index (κ3) is 2.34. The minimum atomic E-state index is -0.267. The second-order valence-electron chi connectivity index (χ2n) is 4.54. The normalized spacial score (nSPS) is 10.8. The summed E-state index contributed by atoms with van der Waals surface area (Å²) in [5.41, 5.74) is 13.6. The summed E-state index contributed by atoms with van der Waals surface area (Å²) in [6.07, 6.45) is 0. The molecule has 0 spiro atoms. The van der Waals surface area contributed by atoms with Crippen molar-refractivity contribution < 1.29 is 4.79 Å². The van der Waals surface area contributed by atoms with E-state index in [1.807, 2.05) is 12.1 Å². The topological polar surface area (TPSA) is 107 Å². The molecule has 2 aromatic heterocycles. The van der Waals surface area contributed by atoms with Crippen LogP contribution < -0.4 is 16.8 Å². The van der Waals surface area contributed by atoms with Gasteiger partial charge in [0.2, 0.25) is 5.95 Å². The Morgan fingerprint density at radius 2 is 2.09 bits per heavy atom. The number of hydrogen-bond donors (Lipinski definition) is 3. The Hall–Kier alpha value is -2.38. The van der Waals surface area contributed by atoms with Gasteiger partial charge in [-0.25, -0.2) is 9.97 Å². The highest BCUT2D eigenvalue weighted by Crippen LogP contribution is 2.39. The van der Waals surface area contributed by atoms with E-state index in [1.165, 1.54) is 11.3 Å². The maximum absolute atomic E-state index is 11.9. The number of carbonyl (C=O) groups is 1. The summed E-state index contributed by atoms with van der Waals surface area (Å²) in [5, 5.41) is 3.74. The lowest BCUT2D eigenvalue weighted by Gasteiger charge is -2.05. The van der Waals surface area contributed by atoms with Crippen molar-refractivity contribution in [3.63, 3.8) is 0 Å². The number of amides is 1. The van der Waals surface area contributed by atoms with Gasteiger partial charge in [0.1, 0.15) is 9.71 Å². The van der Waals surface area contributed by atoms with E-state index in [0.29, 0.717) is 31.5 Å². The molecule has 112 valence electrons. The molecule has 22 heavy (non-hydrogen) atoms. The average molecular weight is 334 g/mol. The Kier molecular flexibility index (Phi) is 3.59. The van der Waals surface area contributed by atoms with Gasteiger partial charge in [-0.15, -0.1) is 11.3 Å². The molecule has 2 heterocycles. The third-order valence-corrected chi connectivity index (χ3v) is 4.47. The Bertz CT molecular complexity index is 892. The summed E-state index contributed by atoms with van der Waals surface area (Å²) in [7, 11) is 1.55. The fourth-order valence-corrected chi connectivity index (χ4v) is 3.40. The number of fused-ring (bicyclic) bond motifs is 1. The van der Waals surface area contributed by atoms with Crippen LogP contribution in [0.3, 0.4) is 0 Å². The largest absolute Gasteiger partial charge is 0.397 e. The molecule has 5 N–H and O–H groups in total. The van der Waals surface area contributed by atoms with Crippen LogP contribution in [0.4, 0.5) is 11.6 Å². The highest BCUT2D eigenvalue weighted by molar-refractivity contribution is 7.21. The number of hydrogen-bond acceptors (Lipinski definition) is 6. The van der Waals surface area contributed by atoms with E-state index in [2.05, 4.69) is 15.3 Å². The zero-order valence-corrected chi connectivity index (χ0v) is 13.1. The maximum Gasteiger partial charge on any atom is 0.263 e. The first-order chi connectivity index (χ1) is 10.5. The summed E-state index contributed by atoms with van der Waals surface area (Å²) >= 11 is 7.22. The molecule has 0 fully saturated rings. The quantitative estimate of drug-likeness (QED) is 0.668. The average Bonchev–Trinajstić information content (AvgIpc) is 2.82. The molecule has 0 unspecified atom stereocenters. The van der Waals surface area contributed by atoms with Crippen LogP contribution in [0.2, 0.25) is 5.02 Å². The van der Waals surface area contributed by atoms with Crippen LogP contribution in [-0.2, 0) is 0 Å². The van der Waals surface area contributed by atoms with E-state index >= 15 is 0 Å². The number of nitrogens with one attached hydrogen (secondary N) is 1. The van der Waals surface area contributed by atoms with Crippen LogP contribution in [0.1, 0.15) is 9.67 Å². The van der Waals surface area contributed by atoms with Crippen LogP contribution in [0.25, 0.3) is 21.5 Å². The highest BCUT2D eigenvalue weighted by atomic mass is 35.5. The minimum absolute atomic E-state index is 0.118. The smallest absolute Gasteiger partial charge is 0.263 e. The Balaban J connectivity index is 2.35. The van der Waals surface area contributed by atoms with Crippen LogP contribution >= 0.6 is 22.9 Å². The van der Waals surface area contributed by atoms with Gasteiger partial charge in [-0.1, -0.05) is 23.7 Å². The monoisotopic (exact) mass is 333 g/mol. The van der Waals surface area contributed by atoms with Crippen molar-refractivity contribution in [1.82, 2.24) is 15.3 Å². The number of benzene rings is 1. The number of aromatic nitrogens is 2. The van der Waals surface area contributed by atoms with Gasteiger partial charge in [0.25, 0.3) is 5.91 Å². The predicted molar refractivity (Wildman–Crippen MR) is 90.1 cm³/mol. The first-order valence-electron chi connectivity index (χ1n) is 6.34. The molecule has 0 radical (unpaired) electrons. The number of nitrogens with zero attached hydrogens (tertiary/aromatic N) is 2. The third-order valence-electron chi connectivity index (χ3n) is 3.14. The SMILES string of the molecule is CNC(=O)c1sc2nc(N)nc(-c3cccc(Cl)c3)c2c1N. The molecule has 3 rings (SSSR count). The molecule has 8 heteroatoms. The molecule has 0 atom stereocenters. The van der Waals surface area contributed by atoms with Crippen molar-refractivity contribution in [3.05, 3.63) is 34.2 Å². The molecular formula is C14H12ClN5OS. The van der Waals surface area contributed by atoms with Crippen molar-refractivity contribution in [1.29, 1.82) is 0 Å². The molecule has 1 aromatic carbocycles. The highest BCUT2D eigenvalue weighted by Gasteiger charge is 2.21. The van der Waals surface area contributed by atoms with E-state index in [1.54, 1.807) is 19.2 Å². The zero-order valence-electron chi connectivity index (χ0n) is 11.6. The van der Waals surface area contributed by atoms with Crippen molar-refractivity contribution in [2.45, 2.75) is 0 Å². The van der Waals surface area contributed by atoms with Crippen LogP contribution in [0.5, 0.6) is 0 Å². The Morgan fingerprint density at radius 1 is 1.32 bits per heavy atom. The molecule has 0 aliphatic heterocycles. The second kappa shape index (κ2) is 5.43. The lowest BCUT2D eigenvalue weighted by Crippen LogP contribution is -2.17. The number of nitrogen functional groups attached to an aromatic ring is 2. The second-order valence-corrected chi connectivity index (χ2v) is 5.98. The summed E-state index contributed by atoms with van der Waals surface area (Å²) in [6, 6.07) is 7.19. The summed E-state index contributed by atoms with van der Waals surface area (Å²) < 4.78 is 0. The molecule has 0 aliphatic rings. The van der Waals surface area contributed by atoms with Gasteiger partial charge in [0.05, 0.1) is 16.8 Å². The predicted octanol–water partition coefficient (Wildman–Crippen LogP) is 2.54. The van der Waals surface area contributed by atoms with Crippen LogP contribution in [0, 0.1) is 0 Å². The van der Waals surface area contributed by atoms with Gasteiger partial charge in [0.15, 0.2) is 0 Å². The standard InChI is InChI=1S/C14H12ClN5OS/c1-18-12(21)11-9(16)8-10(6-3-2-4-7(15)5-6)19-14(17)20-13(8)22-11/h2-5H,16H2,1H3,(H,18,21)(H2,17,19,20). The molecule has 0 saturated heterocycles. The number of nitrogens with two attached hydrogens (primary N) is 2. The first kappa shape index (κ1) is 14.6. The van der Waals surface area contributed by atoms with Gasteiger partial charge in [-0.05, 0) is 12.1 Å². The lowest BCUT2D eigenvalue weighted by atomic mass is 10.1. The van der Waals surface area contributed by atoms with Crippen molar-refractivity contribution >= 4 is 50.7 Å². The number of thiophene rings is 1. The van der Waals surface area contributed by atoms with Crippen molar-refractivity contribution in [3.8, 4) is 11.3 Å². The van der Waals surface area contributed by atoms with E-state index in [-0.39, 0.29) is 11.9 Å². The lowest BCUT2D eigenvalue weighted by molar-refractivity contribution is 0.0968. The van der Waals surface area contributed by atoms with Gasteiger partial charge in [-0.3, -0.25) is 4.79 Å². The molecule has 0 bridgehead atoms. The fourth-order valence-electron chi connectivity index (χ4n) is 2.17. The van der Waals surface area contributed by atoms with Crippen LogP contribution in [-0.4, -0.2) is 22.9 Å². The molecule has 3 aromatic rings. The van der Waals surface area contributed by atoms with Gasteiger partial charge < -0.3 is 16.8 Å². The fraction of sp³-hybridized carbons (Fsp3) is 0.0714.